The Kier molecular flexibility index (Phi) is 4.08. The zero-order chi connectivity index (χ0) is 10.7. The SMILES string of the molecule is CC(Br)C(=O)c1ccc(Cl)cc1CF. The van der Waals surface area contributed by atoms with Crippen molar-refractivity contribution >= 4 is 33.3 Å². The van der Waals surface area contributed by atoms with E-state index in [1.54, 1.807) is 19.1 Å². The van der Waals surface area contributed by atoms with Crippen LogP contribution in [0.5, 0.6) is 0 Å². The van der Waals surface area contributed by atoms with Crippen molar-refractivity contribution in [2.75, 3.05) is 0 Å². The molecule has 0 radical (unpaired) electrons. The maximum Gasteiger partial charge on any atom is 0.176 e. The highest BCUT2D eigenvalue weighted by Gasteiger charge is 2.15. The molecule has 1 atom stereocenters. The number of Topliss-reactive ketones (excluding diaryl/α,β-unsaturated/α-hetero) is 1. The summed E-state index contributed by atoms with van der Waals surface area (Å²) in [6, 6.07) is 4.62. The lowest BCUT2D eigenvalue weighted by molar-refractivity contribution is 0.0994. The molecule has 1 aromatic carbocycles. The number of hydrogen-bond acceptors (Lipinski definition) is 1. The Morgan fingerprint density at radius 3 is 2.79 bits per heavy atom. The molecule has 0 fully saturated rings. The van der Waals surface area contributed by atoms with Gasteiger partial charge in [0.05, 0.1) is 4.83 Å². The number of rotatable bonds is 3. The summed E-state index contributed by atoms with van der Waals surface area (Å²) in [5.74, 6) is -0.130. The van der Waals surface area contributed by atoms with E-state index in [1.807, 2.05) is 0 Å². The Morgan fingerprint density at radius 1 is 1.64 bits per heavy atom. The van der Waals surface area contributed by atoms with Gasteiger partial charge >= 0.3 is 0 Å². The Labute approximate surface area is 95.4 Å². The van der Waals surface area contributed by atoms with E-state index in [2.05, 4.69) is 15.9 Å². The summed E-state index contributed by atoms with van der Waals surface area (Å²) in [6.07, 6.45) is 0. The normalized spacial score (nSPS) is 12.6. The number of carbonyl (C=O) groups is 1. The maximum atomic E-state index is 12.6. The van der Waals surface area contributed by atoms with Crippen molar-refractivity contribution in [2.45, 2.75) is 18.4 Å². The molecule has 0 aromatic heterocycles. The standard InChI is InChI=1S/C10H9BrClFO/c1-6(11)10(14)9-3-2-8(12)4-7(9)5-13/h2-4,6H,5H2,1H3. The molecule has 0 aliphatic heterocycles. The van der Waals surface area contributed by atoms with Gasteiger partial charge in [0.15, 0.2) is 5.78 Å². The van der Waals surface area contributed by atoms with Gasteiger partial charge in [0.1, 0.15) is 6.67 Å². The molecule has 0 saturated heterocycles. The van der Waals surface area contributed by atoms with Crippen LogP contribution in [-0.2, 0) is 6.67 Å². The van der Waals surface area contributed by atoms with Gasteiger partial charge < -0.3 is 0 Å². The predicted molar refractivity (Wildman–Crippen MR) is 59.0 cm³/mol. The van der Waals surface area contributed by atoms with Gasteiger partial charge in [0.2, 0.25) is 0 Å². The first kappa shape index (κ1) is 11.7. The van der Waals surface area contributed by atoms with Crippen LogP contribution in [0.3, 0.4) is 0 Å². The summed E-state index contributed by atoms with van der Waals surface area (Å²) in [6.45, 7) is 1.03. The monoisotopic (exact) mass is 278 g/mol. The van der Waals surface area contributed by atoms with E-state index in [1.165, 1.54) is 6.07 Å². The lowest BCUT2D eigenvalue weighted by Gasteiger charge is -2.07. The van der Waals surface area contributed by atoms with E-state index >= 15 is 0 Å². The molecule has 1 rings (SSSR count). The third kappa shape index (κ3) is 2.55. The highest BCUT2D eigenvalue weighted by molar-refractivity contribution is 9.10. The van der Waals surface area contributed by atoms with Crippen LogP contribution in [0.2, 0.25) is 5.02 Å². The number of halogens is 3. The fourth-order valence-electron chi connectivity index (χ4n) is 1.13. The highest BCUT2D eigenvalue weighted by Crippen LogP contribution is 2.20. The van der Waals surface area contributed by atoms with E-state index in [-0.39, 0.29) is 10.6 Å². The van der Waals surface area contributed by atoms with Crippen LogP contribution in [-0.4, -0.2) is 10.6 Å². The molecule has 0 bridgehead atoms. The summed E-state index contributed by atoms with van der Waals surface area (Å²) in [5, 5.41) is 0.441. The molecule has 1 aromatic rings. The van der Waals surface area contributed by atoms with Gasteiger partial charge in [-0.1, -0.05) is 27.5 Å². The van der Waals surface area contributed by atoms with E-state index in [9.17, 15) is 9.18 Å². The van der Waals surface area contributed by atoms with Crippen molar-refractivity contribution in [2.24, 2.45) is 0 Å². The Morgan fingerprint density at radius 2 is 2.29 bits per heavy atom. The van der Waals surface area contributed by atoms with Crippen LogP contribution in [0, 0.1) is 0 Å². The molecule has 76 valence electrons. The minimum absolute atomic E-state index is 0.130. The average molecular weight is 280 g/mol. The van der Waals surface area contributed by atoms with Crippen molar-refractivity contribution < 1.29 is 9.18 Å². The zero-order valence-electron chi connectivity index (χ0n) is 7.56. The third-order valence-electron chi connectivity index (χ3n) is 1.84. The molecule has 1 nitrogen and oxygen atoms in total. The quantitative estimate of drug-likeness (QED) is 0.608. The van der Waals surface area contributed by atoms with Crippen LogP contribution >= 0.6 is 27.5 Å². The first-order valence-corrected chi connectivity index (χ1v) is 5.38. The summed E-state index contributed by atoms with van der Waals surface area (Å²) in [7, 11) is 0. The Balaban J connectivity index is 3.14. The molecule has 0 aliphatic rings. The molecule has 1 unspecified atom stereocenters. The van der Waals surface area contributed by atoms with E-state index < -0.39 is 6.67 Å². The summed E-state index contributed by atoms with van der Waals surface area (Å²) in [5.41, 5.74) is 0.732. The number of carbonyl (C=O) groups excluding carboxylic acids is 1. The molecule has 0 N–H and O–H groups in total. The molecule has 0 spiro atoms. The smallest absolute Gasteiger partial charge is 0.176 e. The van der Waals surface area contributed by atoms with E-state index in [0.717, 1.165) is 0 Å². The van der Waals surface area contributed by atoms with Gasteiger partial charge in [-0.2, -0.15) is 0 Å². The van der Waals surface area contributed by atoms with Gasteiger partial charge in [0.25, 0.3) is 0 Å². The topological polar surface area (TPSA) is 17.1 Å². The van der Waals surface area contributed by atoms with Crippen LogP contribution in [0.25, 0.3) is 0 Å². The molecular formula is C10H9BrClFO. The van der Waals surface area contributed by atoms with Crippen molar-refractivity contribution in [3.63, 3.8) is 0 Å². The minimum Gasteiger partial charge on any atom is -0.293 e. The average Bonchev–Trinajstić information content (AvgIpc) is 2.16. The van der Waals surface area contributed by atoms with Crippen molar-refractivity contribution in [1.29, 1.82) is 0 Å². The lowest BCUT2D eigenvalue weighted by Crippen LogP contribution is -2.12. The largest absolute Gasteiger partial charge is 0.293 e. The first-order valence-electron chi connectivity index (χ1n) is 4.09. The molecule has 0 amide bonds. The fraction of sp³-hybridized carbons (Fsp3) is 0.300. The Bertz CT molecular complexity index is 352. The molecular weight excluding hydrogens is 270 g/mol. The minimum atomic E-state index is -0.679. The molecule has 0 aliphatic carbocycles. The lowest BCUT2D eigenvalue weighted by atomic mass is 10.0. The van der Waals surface area contributed by atoms with Gasteiger partial charge in [-0.15, -0.1) is 0 Å². The Hall–Kier alpha value is -0.410. The summed E-state index contributed by atoms with van der Waals surface area (Å²) >= 11 is 8.84. The molecule has 14 heavy (non-hydrogen) atoms. The van der Waals surface area contributed by atoms with Crippen LogP contribution < -0.4 is 0 Å². The molecule has 0 heterocycles. The zero-order valence-corrected chi connectivity index (χ0v) is 9.90. The van der Waals surface area contributed by atoms with Crippen LogP contribution in [0.1, 0.15) is 22.8 Å². The van der Waals surface area contributed by atoms with Crippen molar-refractivity contribution in [3.8, 4) is 0 Å². The van der Waals surface area contributed by atoms with Crippen LogP contribution in [0.4, 0.5) is 4.39 Å². The van der Waals surface area contributed by atoms with Crippen LogP contribution in [0.15, 0.2) is 18.2 Å². The van der Waals surface area contributed by atoms with Gasteiger partial charge in [-0.3, -0.25) is 4.79 Å². The fourth-order valence-corrected chi connectivity index (χ4v) is 1.57. The van der Waals surface area contributed by atoms with E-state index in [0.29, 0.717) is 16.1 Å². The highest BCUT2D eigenvalue weighted by atomic mass is 79.9. The van der Waals surface area contributed by atoms with Gasteiger partial charge in [-0.25, -0.2) is 4.39 Å². The molecule has 4 heteroatoms. The number of ketones is 1. The van der Waals surface area contributed by atoms with Crippen molar-refractivity contribution in [1.82, 2.24) is 0 Å². The number of benzene rings is 1. The first-order chi connectivity index (χ1) is 6.56. The van der Waals surface area contributed by atoms with Gasteiger partial charge in [-0.05, 0) is 30.7 Å². The van der Waals surface area contributed by atoms with Crippen molar-refractivity contribution in [3.05, 3.63) is 34.3 Å². The maximum absolute atomic E-state index is 12.6. The third-order valence-corrected chi connectivity index (χ3v) is 2.49. The second-order valence-electron chi connectivity index (χ2n) is 2.92. The molecule has 0 saturated carbocycles. The second kappa shape index (κ2) is 4.89. The summed E-state index contributed by atoms with van der Waals surface area (Å²) in [4.78, 5) is 11.3. The number of hydrogen-bond donors (Lipinski definition) is 0. The predicted octanol–water partition coefficient (Wildman–Crippen LogP) is 3.78. The van der Waals surface area contributed by atoms with E-state index in [4.69, 9.17) is 11.6 Å². The van der Waals surface area contributed by atoms with Gasteiger partial charge in [0, 0.05) is 10.6 Å². The number of alkyl halides is 2. The summed E-state index contributed by atoms with van der Waals surface area (Å²) < 4.78 is 12.6. The second-order valence-corrected chi connectivity index (χ2v) is 4.73.